The second-order valence-electron chi connectivity index (χ2n) is 10.0. The van der Waals surface area contributed by atoms with E-state index in [1.54, 1.807) is 0 Å². The van der Waals surface area contributed by atoms with Crippen LogP contribution in [0.15, 0.2) is 54.6 Å². The van der Waals surface area contributed by atoms with Crippen LogP contribution in [0.3, 0.4) is 0 Å². The van der Waals surface area contributed by atoms with Gasteiger partial charge >= 0.3 is 0 Å². The van der Waals surface area contributed by atoms with Crippen LogP contribution in [0.4, 0.5) is 17.2 Å². The van der Waals surface area contributed by atoms with Crippen LogP contribution in [0.2, 0.25) is 0 Å². The van der Waals surface area contributed by atoms with E-state index in [1.165, 1.54) is 27.9 Å². The molecule has 0 saturated carbocycles. The summed E-state index contributed by atoms with van der Waals surface area (Å²) in [7, 11) is 0. The van der Waals surface area contributed by atoms with Crippen LogP contribution in [-0.4, -0.2) is 4.98 Å². The molecule has 1 aromatic heterocycles. The molecule has 3 heteroatoms. The third-order valence-electron chi connectivity index (χ3n) is 6.40. The van der Waals surface area contributed by atoms with E-state index in [0.29, 0.717) is 0 Å². The highest BCUT2D eigenvalue weighted by Crippen LogP contribution is 2.53. The molecule has 0 bridgehead atoms. The number of aryl methyl sites for hydroxylation is 4. The predicted octanol–water partition coefficient (Wildman–Crippen LogP) is 8.34. The largest absolute Gasteiger partial charge is 0.451 e. The molecule has 0 amide bonds. The van der Waals surface area contributed by atoms with Gasteiger partial charge in [-0.3, -0.25) is 4.90 Å². The number of nitrogens with zero attached hydrogens (tertiary/aromatic N) is 2. The Labute approximate surface area is 190 Å². The lowest BCUT2D eigenvalue weighted by Gasteiger charge is -2.35. The van der Waals surface area contributed by atoms with Crippen LogP contribution in [-0.2, 0) is 5.41 Å². The number of pyridine rings is 1. The number of hydrogen-bond acceptors (Lipinski definition) is 3. The summed E-state index contributed by atoms with van der Waals surface area (Å²) in [5, 5.41) is 2.21. The molecule has 4 aromatic rings. The maximum atomic E-state index is 6.51. The SMILES string of the molecule is Cc1ccc2c(c1)N(c1c(C)cc(C(C)(C)C)cc1C)c1nc(C)c3ccccc3c1O2. The number of benzene rings is 3. The molecule has 1 aliphatic rings. The summed E-state index contributed by atoms with van der Waals surface area (Å²) in [4.78, 5) is 7.39. The van der Waals surface area contributed by atoms with E-state index in [2.05, 4.69) is 108 Å². The maximum absolute atomic E-state index is 6.51. The van der Waals surface area contributed by atoms with Gasteiger partial charge in [0, 0.05) is 16.5 Å². The summed E-state index contributed by atoms with van der Waals surface area (Å²) >= 11 is 0. The molecule has 0 aliphatic carbocycles. The molecule has 0 radical (unpaired) electrons. The lowest BCUT2D eigenvalue weighted by Crippen LogP contribution is -2.21. The van der Waals surface area contributed by atoms with Crippen LogP contribution in [0.5, 0.6) is 11.5 Å². The summed E-state index contributed by atoms with van der Waals surface area (Å²) in [6.45, 7) is 15.4. The minimum absolute atomic E-state index is 0.0938. The molecular weight excluding hydrogens is 392 g/mol. The molecule has 5 rings (SSSR count). The summed E-state index contributed by atoms with van der Waals surface area (Å²) < 4.78 is 6.51. The van der Waals surface area contributed by atoms with Gasteiger partial charge in [0.25, 0.3) is 0 Å². The Morgan fingerprint density at radius 3 is 2.12 bits per heavy atom. The molecule has 2 heterocycles. The first-order valence-corrected chi connectivity index (χ1v) is 11.2. The topological polar surface area (TPSA) is 25.4 Å². The van der Waals surface area contributed by atoms with Crippen molar-refractivity contribution in [3.63, 3.8) is 0 Å². The molecule has 0 unspecified atom stereocenters. The predicted molar refractivity (Wildman–Crippen MR) is 134 cm³/mol. The minimum Gasteiger partial charge on any atom is -0.451 e. The van der Waals surface area contributed by atoms with Gasteiger partial charge < -0.3 is 4.74 Å². The molecule has 3 aromatic carbocycles. The van der Waals surface area contributed by atoms with E-state index in [-0.39, 0.29) is 5.41 Å². The Kier molecular flexibility index (Phi) is 4.56. The molecule has 0 saturated heterocycles. The van der Waals surface area contributed by atoms with Gasteiger partial charge in [-0.15, -0.1) is 0 Å². The van der Waals surface area contributed by atoms with E-state index in [9.17, 15) is 0 Å². The highest BCUT2D eigenvalue weighted by Gasteiger charge is 2.32. The van der Waals surface area contributed by atoms with Gasteiger partial charge in [0.05, 0.1) is 11.4 Å². The van der Waals surface area contributed by atoms with Gasteiger partial charge in [-0.05, 0) is 67.5 Å². The molecule has 3 nitrogen and oxygen atoms in total. The molecule has 0 spiro atoms. The standard InChI is InChI=1S/C29H30N2O/c1-17-12-13-25-24(14-17)31(26-18(2)15-21(16-19(26)3)29(5,6)7)28-27(32-25)23-11-9-8-10-22(23)20(4)30-28/h8-16H,1-7H3. The first kappa shape index (κ1) is 20.6. The molecule has 162 valence electrons. The molecule has 0 atom stereocenters. The van der Waals surface area contributed by atoms with Gasteiger partial charge in [0.15, 0.2) is 17.3 Å². The van der Waals surface area contributed by atoms with Crippen molar-refractivity contribution < 1.29 is 4.74 Å². The van der Waals surface area contributed by atoms with E-state index in [0.717, 1.165) is 39.5 Å². The number of ether oxygens (including phenoxy) is 1. The van der Waals surface area contributed by atoms with E-state index >= 15 is 0 Å². The van der Waals surface area contributed by atoms with Gasteiger partial charge in [-0.25, -0.2) is 4.98 Å². The van der Waals surface area contributed by atoms with Crippen LogP contribution in [0.25, 0.3) is 10.8 Å². The highest BCUT2D eigenvalue weighted by molar-refractivity contribution is 5.99. The summed E-state index contributed by atoms with van der Waals surface area (Å²) in [5.74, 6) is 2.54. The monoisotopic (exact) mass is 422 g/mol. The number of hydrogen-bond donors (Lipinski definition) is 0. The van der Waals surface area contributed by atoms with Crippen molar-refractivity contribution in [3.8, 4) is 11.5 Å². The maximum Gasteiger partial charge on any atom is 0.182 e. The van der Waals surface area contributed by atoms with Gasteiger partial charge in [-0.2, -0.15) is 0 Å². The zero-order chi connectivity index (χ0) is 22.8. The van der Waals surface area contributed by atoms with Crippen molar-refractivity contribution in [2.24, 2.45) is 0 Å². The first-order valence-electron chi connectivity index (χ1n) is 11.2. The smallest absolute Gasteiger partial charge is 0.182 e. The Morgan fingerprint density at radius 1 is 0.812 bits per heavy atom. The van der Waals surface area contributed by atoms with E-state index < -0.39 is 0 Å². The Morgan fingerprint density at radius 2 is 1.47 bits per heavy atom. The normalized spacial score (nSPS) is 13.0. The van der Waals surface area contributed by atoms with Gasteiger partial charge in [-0.1, -0.05) is 63.2 Å². The Bertz CT molecular complexity index is 1360. The fourth-order valence-electron chi connectivity index (χ4n) is 4.72. The van der Waals surface area contributed by atoms with Gasteiger partial charge in [0.1, 0.15) is 0 Å². The zero-order valence-corrected chi connectivity index (χ0v) is 20.0. The third kappa shape index (κ3) is 3.15. The van der Waals surface area contributed by atoms with E-state index in [1.807, 2.05) is 0 Å². The average molecular weight is 423 g/mol. The quantitative estimate of drug-likeness (QED) is 0.271. The van der Waals surface area contributed by atoms with Crippen molar-refractivity contribution in [3.05, 3.63) is 82.5 Å². The number of aromatic nitrogens is 1. The minimum atomic E-state index is 0.0938. The number of anilines is 3. The molecule has 0 fully saturated rings. The second kappa shape index (κ2) is 7.09. The first-order chi connectivity index (χ1) is 15.1. The third-order valence-corrected chi connectivity index (χ3v) is 6.40. The fraction of sp³-hybridized carbons (Fsp3) is 0.276. The zero-order valence-electron chi connectivity index (χ0n) is 20.0. The molecule has 32 heavy (non-hydrogen) atoms. The lowest BCUT2D eigenvalue weighted by atomic mass is 9.84. The molecule has 0 N–H and O–H groups in total. The average Bonchev–Trinajstić information content (AvgIpc) is 2.73. The lowest BCUT2D eigenvalue weighted by molar-refractivity contribution is 0.479. The fourth-order valence-corrected chi connectivity index (χ4v) is 4.72. The second-order valence-corrected chi connectivity index (χ2v) is 10.0. The Balaban J connectivity index is 1.85. The van der Waals surface area contributed by atoms with Crippen LogP contribution < -0.4 is 9.64 Å². The summed E-state index contributed by atoms with van der Waals surface area (Å²) in [6, 6.07) is 19.4. The Hall–Kier alpha value is -3.33. The number of fused-ring (bicyclic) bond motifs is 4. The summed E-state index contributed by atoms with van der Waals surface area (Å²) in [6.07, 6.45) is 0. The van der Waals surface area contributed by atoms with Gasteiger partial charge in [0.2, 0.25) is 0 Å². The van der Waals surface area contributed by atoms with Crippen molar-refractivity contribution in [1.29, 1.82) is 0 Å². The van der Waals surface area contributed by atoms with Crippen LogP contribution in [0, 0.1) is 27.7 Å². The summed E-state index contributed by atoms with van der Waals surface area (Å²) in [5.41, 5.74) is 8.33. The van der Waals surface area contributed by atoms with Crippen LogP contribution >= 0.6 is 0 Å². The van der Waals surface area contributed by atoms with Crippen molar-refractivity contribution in [2.45, 2.75) is 53.9 Å². The molecule has 1 aliphatic heterocycles. The van der Waals surface area contributed by atoms with Crippen LogP contribution in [0.1, 0.15) is 48.7 Å². The van der Waals surface area contributed by atoms with E-state index in [4.69, 9.17) is 9.72 Å². The molecular formula is C29H30N2O. The number of rotatable bonds is 1. The van der Waals surface area contributed by atoms with Crippen molar-refractivity contribution in [2.75, 3.05) is 4.90 Å². The van der Waals surface area contributed by atoms with Crippen molar-refractivity contribution in [1.82, 2.24) is 4.98 Å². The van der Waals surface area contributed by atoms with Crippen molar-refractivity contribution >= 4 is 28.0 Å². The highest BCUT2D eigenvalue weighted by atomic mass is 16.5.